The van der Waals surface area contributed by atoms with E-state index < -0.39 is 0 Å². The van der Waals surface area contributed by atoms with Gasteiger partial charge in [-0.1, -0.05) is 0 Å². The van der Waals surface area contributed by atoms with Crippen LogP contribution in [0.5, 0.6) is 0 Å². The van der Waals surface area contributed by atoms with Gasteiger partial charge in [0, 0.05) is 26.1 Å². The zero-order chi connectivity index (χ0) is 11.4. The molecule has 0 aromatic carbocycles. The molecule has 0 amide bonds. The van der Waals surface area contributed by atoms with E-state index in [1.165, 1.54) is 0 Å². The van der Waals surface area contributed by atoms with E-state index >= 15 is 0 Å². The van der Waals surface area contributed by atoms with E-state index in [2.05, 4.69) is 4.98 Å². The van der Waals surface area contributed by atoms with Gasteiger partial charge in [-0.05, 0) is 12.3 Å². The first-order valence-corrected chi connectivity index (χ1v) is 5.42. The quantitative estimate of drug-likeness (QED) is 0.668. The number of hydrogen-bond donors (Lipinski definition) is 0. The first-order chi connectivity index (χ1) is 7.81. The van der Waals surface area contributed by atoms with Crippen molar-refractivity contribution >= 4 is 5.97 Å². The van der Waals surface area contributed by atoms with Crippen LogP contribution in [0.1, 0.15) is 6.42 Å². The fourth-order valence-corrected chi connectivity index (χ4v) is 1.71. The van der Waals surface area contributed by atoms with Crippen molar-refractivity contribution in [1.29, 1.82) is 0 Å². The minimum absolute atomic E-state index is 0.0581. The fourth-order valence-electron chi connectivity index (χ4n) is 1.71. The molecule has 0 radical (unpaired) electrons. The maximum Gasteiger partial charge on any atom is 0.309 e. The van der Waals surface area contributed by atoms with Crippen molar-refractivity contribution < 1.29 is 14.3 Å². The average Bonchev–Trinajstić information content (AvgIpc) is 2.85. The summed E-state index contributed by atoms with van der Waals surface area (Å²) in [5.74, 6) is 0.329. The Kier molecular flexibility index (Phi) is 3.56. The molecule has 1 fully saturated rings. The van der Waals surface area contributed by atoms with Crippen LogP contribution < -0.4 is 0 Å². The van der Waals surface area contributed by atoms with Crippen molar-refractivity contribution in [3.05, 3.63) is 18.7 Å². The monoisotopic (exact) mass is 224 g/mol. The minimum atomic E-state index is -0.0952. The second kappa shape index (κ2) is 5.12. The largest absolute Gasteiger partial charge is 0.464 e. The van der Waals surface area contributed by atoms with Crippen LogP contribution in [0, 0.1) is 11.8 Å². The molecule has 1 saturated carbocycles. The third kappa shape index (κ3) is 2.82. The molecule has 16 heavy (non-hydrogen) atoms. The van der Waals surface area contributed by atoms with Gasteiger partial charge in [-0.3, -0.25) is 4.79 Å². The molecule has 0 N–H and O–H groups in total. The van der Waals surface area contributed by atoms with Crippen LogP contribution in [-0.4, -0.2) is 35.8 Å². The predicted octanol–water partition coefficient (Wildman–Crippen LogP) is 0.709. The molecule has 0 saturated heterocycles. The molecule has 2 atom stereocenters. The molecule has 1 aliphatic carbocycles. The van der Waals surface area contributed by atoms with Gasteiger partial charge in [-0.25, -0.2) is 4.98 Å². The summed E-state index contributed by atoms with van der Waals surface area (Å²) in [6.07, 6.45) is 6.16. The number of nitrogens with zero attached hydrogens (tertiary/aromatic N) is 2. The predicted molar refractivity (Wildman–Crippen MR) is 56.7 cm³/mol. The van der Waals surface area contributed by atoms with Crippen LogP contribution in [0.15, 0.2) is 18.7 Å². The number of aromatic nitrogens is 2. The molecule has 1 aliphatic rings. The van der Waals surface area contributed by atoms with Crippen molar-refractivity contribution in [3.8, 4) is 0 Å². The molecule has 5 heteroatoms. The van der Waals surface area contributed by atoms with Gasteiger partial charge < -0.3 is 14.0 Å². The Morgan fingerprint density at radius 1 is 1.62 bits per heavy atom. The minimum Gasteiger partial charge on any atom is -0.464 e. The van der Waals surface area contributed by atoms with Gasteiger partial charge in [0.05, 0.1) is 18.8 Å². The Balaban J connectivity index is 1.62. The number of methoxy groups -OCH3 is 1. The van der Waals surface area contributed by atoms with E-state index in [9.17, 15) is 4.79 Å². The Morgan fingerprint density at radius 2 is 2.50 bits per heavy atom. The van der Waals surface area contributed by atoms with Crippen LogP contribution in [0.2, 0.25) is 0 Å². The van der Waals surface area contributed by atoms with Gasteiger partial charge in [0.1, 0.15) is 6.61 Å². The number of carbonyl (C=O) groups excluding carboxylic acids is 1. The molecule has 0 aliphatic heterocycles. The van der Waals surface area contributed by atoms with Crippen molar-refractivity contribution in [2.24, 2.45) is 11.8 Å². The molecule has 88 valence electrons. The van der Waals surface area contributed by atoms with Gasteiger partial charge in [0.2, 0.25) is 0 Å². The molecular formula is C11H16N2O3. The molecule has 5 nitrogen and oxygen atoms in total. The number of esters is 1. The maximum atomic E-state index is 11.5. The van der Waals surface area contributed by atoms with Crippen LogP contribution >= 0.6 is 0 Å². The third-order valence-electron chi connectivity index (χ3n) is 2.76. The summed E-state index contributed by atoms with van der Waals surface area (Å²) in [6.45, 7) is 1.72. The van der Waals surface area contributed by atoms with Crippen LogP contribution in [0.4, 0.5) is 0 Å². The lowest BCUT2D eigenvalue weighted by Crippen LogP contribution is -2.13. The van der Waals surface area contributed by atoms with Gasteiger partial charge in [-0.2, -0.15) is 0 Å². The van der Waals surface area contributed by atoms with E-state index in [1.807, 2.05) is 10.8 Å². The molecular weight excluding hydrogens is 208 g/mol. The van der Waals surface area contributed by atoms with E-state index in [0.29, 0.717) is 25.7 Å². The first kappa shape index (κ1) is 11.1. The molecule has 1 aromatic rings. The highest BCUT2D eigenvalue weighted by Gasteiger charge is 2.44. The summed E-state index contributed by atoms with van der Waals surface area (Å²) in [5, 5.41) is 0. The van der Waals surface area contributed by atoms with Gasteiger partial charge in [-0.15, -0.1) is 0 Å². The normalized spacial score (nSPS) is 23.1. The van der Waals surface area contributed by atoms with Crippen LogP contribution in [0.25, 0.3) is 0 Å². The molecule has 2 rings (SSSR count). The lowest BCUT2D eigenvalue weighted by molar-refractivity contribution is -0.146. The number of imidazole rings is 1. The number of ether oxygens (including phenoxy) is 2. The zero-order valence-electron chi connectivity index (χ0n) is 9.33. The molecule has 1 heterocycles. The summed E-state index contributed by atoms with van der Waals surface area (Å²) in [7, 11) is 1.65. The number of hydrogen-bond acceptors (Lipinski definition) is 4. The Hall–Kier alpha value is -1.36. The van der Waals surface area contributed by atoms with Gasteiger partial charge >= 0.3 is 5.97 Å². The molecule has 0 unspecified atom stereocenters. The smallest absolute Gasteiger partial charge is 0.309 e. The summed E-state index contributed by atoms with van der Waals surface area (Å²) < 4.78 is 12.0. The van der Waals surface area contributed by atoms with E-state index in [1.54, 1.807) is 19.6 Å². The molecule has 0 bridgehead atoms. The highest BCUT2D eigenvalue weighted by atomic mass is 16.5. The average molecular weight is 224 g/mol. The van der Waals surface area contributed by atoms with E-state index in [4.69, 9.17) is 9.47 Å². The Labute approximate surface area is 94.4 Å². The SMILES string of the molecule is COC[C@@H]1C[C@H]1C(=O)OCCn1ccnc1. The summed E-state index contributed by atoms with van der Waals surface area (Å²) in [4.78, 5) is 15.4. The summed E-state index contributed by atoms with van der Waals surface area (Å²) in [5.41, 5.74) is 0. The number of carbonyl (C=O) groups is 1. The standard InChI is InChI=1S/C11H16N2O3/c1-15-7-9-6-10(9)11(14)16-5-4-13-3-2-12-8-13/h2-3,8-10H,4-7H2,1H3/t9-,10+/m0/s1. The summed E-state index contributed by atoms with van der Waals surface area (Å²) >= 11 is 0. The maximum absolute atomic E-state index is 11.5. The van der Waals surface area contributed by atoms with Gasteiger partial charge in [0.25, 0.3) is 0 Å². The second-order valence-corrected chi connectivity index (χ2v) is 4.03. The highest BCUT2D eigenvalue weighted by Crippen LogP contribution is 2.39. The van der Waals surface area contributed by atoms with Crippen molar-refractivity contribution in [2.45, 2.75) is 13.0 Å². The third-order valence-corrected chi connectivity index (χ3v) is 2.76. The van der Waals surface area contributed by atoms with Crippen molar-refractivity contribution in [2.75, 3.05) is 20.3 Å². The van der Waals surface area contributed by atoms with E-state index in [0.717, 1.165) is 6.42 Å². The second-order valence-electron chi connectivity index (χ2n) is 4.03. The Morgan fingerprint density at radius 3 is 3.19 bits per heavy atom. The van der Waals surface area contributed by atoms with E-state index in [-0.39, 0.29) is 11.9 Å². The molecule has 1 aromatic heterocycles. The van der Waals surface area contributed by atoms with Crippen molar-refractivity contribution in [1.82, 2.24) is 9.55 Å². The number of rotatable bonds is 6. The zero-order valence-corrected chi connectivity index (χ0v) is 9.33. The topological polar surface area (TPSA) is 53.4 Å². The first-order valence-electron chi connectivity index (χ1n) is 5.42. The fraction of sp³-hybridized carbons (Fsp3) is 0.636. The molecule has 0 spiro atoms. The lowest BCUT2D eigenvalue weighted by atomic mass is 10.3. The van der Waals surface area contributed by atoms with Crippen LogP contribution in [-0.2, 0) is 20.8 Å². The van der Waals surface area contributed by atoms with Crippen LogP contribution in [0.3, 0.4) is 0 Å². The Bertz CT molecular complexity index is 337. The summed E-state index contributed by atoms with van der Waals surface area (Å²) in [6, 6.07) is 0. The van der Waals surface area contributed by atoms with Gasteiger partial charge in [0.15, 0.2) is 0 Å². The highest BCUT2D eigenvalue weighted by molar-refractivity contribution is 5.75. The van der Waals surface area contributed by atoms with Crippen molar-refractivity contribution in [3.63, 3.8) is 0 Å². The lowest BCUT2D eigenvalue weighted by Gasteiger charge is -2.04.